The molecule has 152 valence electrons. The molecular weight excluding hydrogens is 375 g/mol. The summed E-state index contributed by atoms with van der Waals surface area (Å²) in [6.07, 6.45) is 1.90. The summed E-state index contributed by atoms with van der Waals surface area (Å²) in [5.41, 5.74) is -0.330. The van der Waals surface area contributed by atoms with Crippen molar-refractivity contribution in [3.05, 3.63) is 27.2 Å². The fourth-order valence-electron chi connectivity index (χ4n) is 2.79. The summed E-state index contributed by atoms with van der Waals surface area (Å²) in [6, 6.07) is 0. The number of imidazole rings is 1. The zero-order valence-corrected chi connectivity index (χ0v) is 17.1. The van der Waals surface area contributed by atoms with Crippen molar-refractivity contribution in [2.45, 2.75) is 40.5 Å². The summed E-state index contributed by atoms with van der Waals surface area (Å²) in [6.45, 7) is 6.61. The molecule has 2 heterocycles. The van der Waals surface area contributed by atoms with E-state index in [-0.39, 0.29) is 32.7 Å². The number of aryl methyl sites for hydroxylation is 1. The van der Waals surface area contributed by atoms with Gasteiger partial charge in [-0.3, -0.25) is 18.5 Å². The molecular formula is C16H27N4O6P. The molecule has 0 radical (unpaired) electrons. The molecule has 0 saturated heterocycles. The SMILES string of the molecule is CCOCn1cnc2c1c(=O)n(CCCP(=O)(OCC)OCC)c(=O)n2C. The number of hydrogen-bond donors (Lipinski definition) is 0. The molecule has 0 amide bonds. The number of ether oxygens (including phenoxy) is 1. The van der Waals surface area contributed by atoms with Crippen LogP contribution in [-0.4, -0.2) is 44.7 Å². The fraction of sp³-hybridized carbons (Fsp3) is 0.688. The Balaban J connectivity index is 2.31. The molecule has 0 N–H and O–H groups in total. The standard InChI is InChI=1S/C16H27N4O6P/c1-5-24-12-19-11-17-14-13(19)15(21)20(16(22)18(14)4)9-8-10-27(23,25-6-2)26-7-3/h11H,5-10,12H2,1-4H3. The second kappa shape index (κ2) is 9.45. The van der Waals surface area contributed by atoms with Gasteiger partial charge in [-0.25, -0.2) is 9.78 Å². The van der Waals surface area contributed by atoms with E-state index in [1.54, 1.807) is 25.5 Å². The van der Waals surface area contributed by atoms with Gasteiger partial charge in [-0.2, -0.15) is 0 Å². The number of aromatic nitrogens is 4. The lowest BCUT2D eigenvalue weighted by Crippen LogP contribution is -2.40. The lowest BCUT2D eigenvalue weighted by atomic mass is 10.4. The molecule has 2 aromatic heterocycles. The van der Waals surface area contributed by atoms with Gasteiger partial charge in [0.05, 0.1) is 25.7 Å². The van der Waals surface area contributed by atoms with Gasteiger partial charge in [0.2, 0.25) is 0 Å². The highest BCUT2D eigenvalue weighted by Crippen LogP contribution is 2.48. The van der Waals surface area contributed by atoms with Crippen molar-refractivity contribution in [1.82, 2.24) is 18.7 Å². The lowest BCUT2D eigenvalue weighted by Gasteiger charge is -2.17. The maximum absolute atomic E-state index is 12.9. The first-order valence-corrected chi connectivity index (χ1v) is 10.7. The first-order chi connectivity index (χ1) is 12.9. The summed E-state index contributed by atoms with van der Waals surface area (Å²) >= 11 is 0. The molecule has 0 aromatic carbocycles. The Morgan fingerprint density at radius 1 is 1.11 bits per heavy atom. The summed E-state index contributed by atoms with van der Waals surface area (Å²) in [5.74, 6) is 0. The van der Waals surface area contributed by atoms with Crippen LogP contribution >= 0.6 is 7.60 Å². The van der Waals surface area contributed by atoms with Crippen LogP contribution in [0.5, 0.6) is 0 Å². The molecule has 2 rings (SSSR count). The molecule has 0 aliphatic carbocycles. The average Bonchev–Trinajstić information content (AvgIpc) is 3.05. The molecule has 10 nitrogen and oxygen atoms in total. The highest BCUT2D eigenvalue weighted by molar-refractivity contribution is 7.53. The second-order valence-electron chi connectivity index (χ2n) is 5.83. The summed E-state index contributed by atoms with van der Waals surface area (Å²) in [4.78, 5) is 29.6. The van der Waals surface area contributed by atoms with E-state index < -0.39 is 18.8 Å². The van der Waals surface area contributed by atoms with Crippen molar-refractivity contribution in [3.63, 3.8) is 0 Å². The maximum Gasteiger partial charge on any atom is 0.332 e. The van der Waals surface area contributed by atoms with Gasteiger partial charge in [0.15, 0.2) is 11.2 Å². The maximum atomic E-state index is 12.9. The number of rotatable bonds is 11. The van der Waals surface area contributed by atoms with Crippen LogP contribution in [0.15, 0.2) is 15.9 Å². The fourth-order valence-corrected chi connectivity index (χ4v) is 4.44. The summed E-state index contributed by atoms with van der Waals surface area (Å²) in [5, 5.41) is 0. The molecule has 11 heteroatoms. The van der Waals surface area contributed by atoms with Crippen LogP contribution in [-0.2, 0) is 38.7 Å². The van der Waals surface area contributed by atoms with Gasteiger partial charge in [-0.15, -0.1) is 0 Å². The number of hydrogen-bond acceptors (Lipinski definition) is 7. The Hall–Kier alpha value is -1.74. The predicted molar refractivity (Wildman–Crippen MR) is 101 cm³/mol. The Kier molecular flexibility index (Phi) is 7.55. The quantitative estimate of drug-likeness (QED) is 0.525. The van der Waals surface area contributed by atoms with E-state index in [0.29, 0.717) is 24.2 Å². The zero-order chi connectivity index (χ0) is 20.0. The van der Waals surface area contributed by atoms with Crippen molar-refractivity contribution >= 4 is 18.8 Å². The van der Waals surface area contributed by atoms with Gasteiger partial charge in [0, 0.05) is 20.2 Å². The largest absolute Gasteiger partial charge is 0.361 e. The molecule has 0 atom stereocenters. The molecule has 0 unspecified atom stereocenters. The Labute approximate surface area is 157 Å². The van der Waals surface area contributed by atoms with Crippen LogP contribution in [0.2, 0.25) is 0 Å². The van der Waals surface area contributed by atoms with E-state index in [0.717, 1.165) is 4.57 Å². The Morgan fingerprint density at radius 3 is 2.37 bits per heavy atom. The molecule has 0 spiro atoms. The summed E-state index contributed by atoms with van der Waals surface area (Å²) < 4.78 is 32.4. The molecule has 0 saturated carbocycles. The van der Waals surface area contributed by atoms with E-state index in [1.807, 2.05) is 6.92 Å². The molecule has 0 aliphatic rings. The highest BCUT2D eigenvalue weighted by Gasteiger charge is 2.23. The third kappa shape index (κ3) is 4.76. The van der Waals surface area contributed by atoms with Crippen molar-refractivity contribution in [2.75, 3.05) is 26.0 Å². The summed E-state index contributed by atoms with van der Waals surface area (Å²) in [7, 11) is -1.66. The Morgan fingerprint density at radius 2 is 1.78 bits per heavy atom. The first kappa shape index (κ1) is 21.6. The minimum Gasteiger partial charge on any atom is -0.361 e. The van der Waals surface area contributed by atoms with Gasteiger partial charge >= 0.3 is 13.3 Å². The minimum absolute atomic E-state index is 0.103. The van der Waals surface area contributed by atoms with E-state index in [2.05, 4.69) is 4.98 Å². The monoisotopic (exact) mass is 402 g/mol. The molecule has 0 aliphatic heterocycles. The topological polar surface area (TPSA) is 107 Å². The minimum atomic E-state index is -3.22. The van der Waals surface area contributed by atoms with Crippen LogP contribution in [0.25, 0.3) is 11.2 Å². The van der Waals surface area contributed by atoms with Crippen molar-refractivity contribution < 1.29 is 18.3 Å². The van der Waals surface area contributed by atoms with Crippen LogP contribution in [0.3, 0.4) is 0 Å². The van der Waals surface area contributed by atoms with Crippen LogP contribution < -0.4 is 11.2 Å². The average molecular weight is 402 g/mol. The van der Waals surface area contributed by atoms with Gasteiger partial charge < -0.3 is 18.4 Å². The third-order valence-corrected chi connectivity index (χ3v) is 6.17. The number of nitrogens with zero attached hydrogens (tertiary/aromatic N) is 4. The van der Waals surface area contributed by atoms with E-state index >= 15 is 0 Å². The van der Waals surface area contributed by atoms with Crippen molar-refractivity contribution in [3.8, 4) is 0 Å². The second-order valence-corrected chi connectivity index (χ2v) is 8.02. The van der Waals surface area contributed by atoms with Crippen LogP contribution in [0.4, 0.5) is 0 Å². The first-order valence-electron chi connectivity index (χ1n) is 8.99. The molecule has 0 bridgehead atoms. The van der Waals surface area contributed by atoms with E-state index in [4.69, 9.17) is 13.8 Å². The third-order valence-electron chi connectivity index (χ3n) is 4.00. The van der Waals surface area contributed by atoms with E-state index in [9.17, 15) is 14.2 Å². The van der Waals surface area contributed by atoms with Gasteiger partial charge in [0.25, 0.3) is 5.56 Å². The highest BCUT2D eigenvalue weighted by atomic mass is 31.2. The van der Waals surface area contributed by atoms with Crippen molar-refractivity contribution in [1.29, 1.82) is 0 Å². The molecule has 0 fully saturated rings. The molecule has 27 heavy (non-hydrogen) atoms. The predicted octanol–water partition coefficient (Wildman–Crippen LogP) is 1.55. The van der Waals surface area contributed by atoms with Crippen LogP contribution in [0, 0.1) is 0 Å². The van der Waals surface area contributed by atoms with Crippen molar-refractivity contribution in [2.24, 2.45) is 7.05 Å². The normalized spacial score (nSPS) is 12.1. The van der Waals surface area contributed by atoms with Gasteiger partial charge in [-0.1, -0.05) is 0 Å². The molecule has 2 aromatic rings. The number of fused-ring (bicyclic) bond motifs is 1. The smallest absolute Gasteiger partial charge is 0.332 e. The van der Waals surface area contributed by atoms with Gasteiger partial charge in [-0.05, 0) is 27.2 Å². The van der Waals surface area contributed by atoms with Crippen LogP contribution in [0.1, 0.15) is 27.2 Å². The Bertz CT molecular complexity index is 921. The van der Waals surface area contributed by atoms with Gasteiger partial charge in [0.1, 0.15) is 6.73 Å². The van der Waals surface area contributed by atoms with E-state index in [1.165, 1.54) is 10.9 Å². The zero-order valence-electron chi connectivity index (χ0n) is 16.2. The lowest BCUT2D eigenvalue weighted by molar-refractivity contribution is 0.0903.